The molecule has 0 fully saturated rings. The summed E-state index contributed by atoms with van der Waals surface area (Å²) in [5.74, 6) is 1.05. The lowest BCUT2D eigenvalue weighted by Gasteiger charge is -1.99. The van der Waals surface area contributed by atoms with E-state index in [1.165, 1.54) is 0 Å². The van der Waals surface area contributed by atoms with Crippen molar-refractivity contribution in [1.29, 1.82) is 0 Å². The summed E-state index contributed by atoms with van der Waals surface area (Å²) in [6.45, 7) is 3.94. The number of aromatic nitrogens is 2. The number of nitrogens with one attached hydrogen (secondary N) is 1. The van der Waals surface area contributed by atoms with Crippen molar-refractivity contribution in [1.82, 2.24) is 15.5 Å². The average Bonchev–Trinajstić information content (AvgIpc) is 2.82. The zero-order valence-electron chi connectivity index (χ0n) is 10.6. The minimum Gasteiger partial charge on any atom is -0.421 e. The Bertz CT molecular complexity index is 522. The van der Waals surface area contributed by atoms with E-state index in [2.05, 4.69) is 22.4 Å². The third-order valence-electron chi connectivity index (χ3n) is 2.52. The Hall–Kier alpha value is -1.10. The van der Waals surface area contributed by atoms with Crippen LogP contribution in [0.2, 0.25) is 10.0 Å². The molecule has 0 bridgehead atoms. The summed E-state index contributed by atoms with van der Waals surface area (Å²) in [5.41, 5.74) is 0.734. The average molecular weight is 300 g/mol. The molecule has 1 heterocycles. The van der Waals surface area contributed by atoms with Crippen molar-refractivity contribution in [3.63, 3.8) is 0 Å². The minimum absolute atomic E-state index is 0.440. The fourth-order valence-corrected chi connectivity index (χ4v) is 2.17. The molecule has 1 N–H and O–H groups in total. The van der Waals surface area contributed by atoms with Crippen LogP contribution in [0.4, 0.5) is 0 Å². The maximum absolute atomic E-state index is 5.94. The van der Waals surface area contributed by atoms with Gasteiger partial charge in [0, 0.05) is 28.6 Å². The number of benzene rings is 1. The molecule has 0 radical (unpaired) electrons. The second kappa shape index (κ2) is 6.89. The smallest absolute Gasteiger partial charge is 0.247 e. The second-order valence-corrected chi connectivity index (χ2v) is 5.03. The fraction of sp³-hybridized carbons (Fsp3) is 0.385. The van der Waals surface area contributed by atoms with E-state index in [9.17, 15) is 0 Å². The first kappa shape index (κ1) is 14.3. The van der Waals surface area contributed by atoms with Crippen molar-refractivity contribution in [3.8, 4) is 11.5 Å². The van der Waals surface area contributed by atoms with Gasteiger partial charge in [0.15, 0.2) is 0 Å². The Balaban J connectivity index is 2.03. The molecule has 0 aliphatic heterocycles. The largest absolute Gasteiger partial charge is 0.421 e. The molecule has 6 heteroatoms. The summed E-state index contributed by atoms with van der Waals surface area (Å²) in [6.07, 6.45) is 1.82. The summed E-state index contributed by atoms with van der Waals surface area (Å²) >= 11 is 11.9. The quantitative estimate of drug-likeness (QED) is 0.828. The highest BCUT2D eigenvalue weighted by Gasteiger charge is 2.09. The highest BCUT2D eigenvalue weighted by Crippen LogP contribution is 2.26. The topological polar surface area (TPSA) is 51.0 Å². The van der Waals surface area contributed by atoms with Gasteiger partial charge in [-0.3, -0.25) is 0 Å². The molecule has 4 nitrogen and oxygen atoms in total. The second-order valence-electron chi connectivity index (χ2n) is 4.16. The Morgan fingerprint density at radius 1 is 1.11 bits per heavy atom. The van der Waals surface area contributed by atoms with Crippen molar-refractivity contribution in [2.75, 3.05) is 13.1 Å². The van der Waals surface area contributed by atoms with Crippen molar-refractivity contribution in [2.45, 2.75) is 19.8 Å². The zero-order valence-corrected chi connectivity index (χ0v) is 12.1. The number of hydrogen-bond donors (Lipinski definition) is 1. The fourth-order valence-electron chi connectivity index (χ4n) is 1.65. The summed E-state index contributed by atoms with van der Waals surface area (Å²) < 4.78 is 5.58. The van der Waals surface area contributed by atoms with E-state index in [0.29, 0.717) is 28.2 Å². The van der Waals surface area contributed by atoms with E-state index in [-0.39, 0.29) is 0 Å². The third-order valence-corrected chi connectivity index (χ3v) is 2.96. The van der Waals surface area contributed by atoms with Crippen LogP contribution >= 0.6 is 23.2 Å². The van der Waals surface area contributed by atoms with Crippen molar-refractivity contribution < 1.29 is 4.42 Å². The van der Waals surface area contributed by atoms with Gasteiger partial charge in [0.2, 0.25) is 11.8 Å². The summed E-state index contributed by atoms with van der Waals surface area (Å²) in [5, 5.41) is 12.4. The normalized spacial score (nSPS) is 10.9. The summed E-state index contributed by atoms with van der Waals surface area (Å²) in [7, 11) is 0. The highest BCUT2D eigenvalue weighted by molar-refractivity contribution is 6.35. The Morgan fingerprint density at radius 3 is 2.53 bits per heavy atom. The first-order valence-electron chi connectivity index (χ1n) is 6.18. The lowest BCUT2D eigenvalue weighted by molar-refractivity contribution is 0.494. The number of rotatable bonds is 6. The minimum atomic E-state index is 0.440. The molecular weight excluding hydrogens is 285 g/mol. The monoisotopic (exact) mass is 299 g/mol. The van der Waals surface area contributed by atoms with E-state index in [1.807, 2.05) is 0 Å². The van der Waals surface area contributed by atoms with Gasteiger partial charge in [-0.1, -0.05) is 30.1 Å². The zero-order chi connectivity index (χ0) is 13.7. The Kier molecular flexibility index (Phi) is 5.19. The third kappa shape index (κ3) is 4.20. The van der Waals surface area contributed by atoms with E-state index < -0.39 is 0 Å². The van der Waals surface area contributed by atoms with E-state index in [4.69, 9.17) is 27.6 Å². The molecule has 0 saturated heterocycles. The van der Waals surface area contributed by atoms with Crippen LogP contribution in [-0.2, 0) is 6.42 Å². The van der Waals surface area contributed by atoms with Gasteiger partial charge in [-0.05, 0) is 31.2 Å². The molecule has 1 aromatic heterocycles. The van der Waals surface area contributed by atoms with Gasteiger partial charge in [-0.25, -0.2) is 0 Å². The molecular formula is C13H15Cl2N3O. The molecule has 1 aromatic carbocycles. The molecule has 0 spiro atoms. The predicted octanol–water partition coefficient (Wildman–Crippen LogP) is 3.59. The van der Waals surface area contributed by atoms with Crippen LogP contribution in [0.3, 0.4) is 0 Å². The molecule has 0 aliphatic carbocycles. The Labute approximate surface area is 122 Å². The lowest BCUT2D eigenvalue weighted by atomic mass is 10.2. The van der Waals surface area contributed by atoms with Crippen LogP contribution in [-0.4, -0.2) is 23.3 Å². The molecule has 2 aromatic rings. The van der Waals surface area contributed by atoms with Crippen molar-refractivity contribution in [3.05, 3.63) is 34.1 Å². The first-order valence-corrected chi connectivity index (χ1v) is 6.94. The molecule has 0 unspecified atom stereocenters. The van der Waals surface area contributed by atoms with Crippen molar-refractivity contribution >= 4 is 23.2 Å². The van der Waals surface area contributed by atoms with Gasteiger partial charge < -0.3 is 9.73 Å². The van der Waals surface area contributed by atoms with E-state index in [1.54, 1.807) is 18.2 Å². The number of halogens is 2. The summed E-state index contributed by atoms with van der Waals surface area (Å²) in [6, 6.07) is 5.17. The van der Waals surface area contributed by atoms with Crippen molar-refractivity contribution in [2.24, 2.45) is 0 Å². The van der Waals surface area contributed by atoms with Crippen LogP contribution in [0.1, 0.15) is 19.2 Å². The standard InChI is InChI=1S/C13H15Cl2N3O/c1-2-4-16-5-3-12-17-18-13(19-12)9-6-10(14)8-11(15)7-9/h6-8,16H,2-5H2,1H3. The van der Waals surface area contributed by atoms with Gasteiger partial charge in [0.05, 0.1) is 0 Å². The van der Waals surface area contributed by atoms with Crippen LogP contribution in [0.25, 0.3) is 11.5 Å². The SMILES string of the molecule is CCCNCCc1nnc(-c2cc(Cl)cc(Cl)c2)o1. The maximum Gasteiger partial charge on any atom is 0.247 e. The van der Waals surface area contributed by atoms with Gasteiger partial charge >= 0.3 is 0 Å². The molecule has 0 saturated carbocycles. The van der Waals surface area contributed by atoms with Crippen LogP contribution in [0, 0.1) is 0 Å². The van der Waals surface area contributed by atoms with Crippen LogP contribution in [0.5, 0.6) is 0 Å². The van der Waals surface area contributed by atoms with Gasteiger partial charge in [-0.2, -0.15) is 0 Å². The maximum atomic E-state index is 5.94. The van der Waals surface area contributed by atoms with Gasteiger partial charge in [-0.15, -0.1) is 10.2 Å². The highest BCUT2D eigenvalue weighted by atomic mass is 35.5. The molecule has 0 amide bonds. The van der Waals surface area contributed by atoms with Gasteiger partial charge in [0.25, 0.3) is 0 Å². The molecule has 0 atom stereocenters. The summed E-state index contributed by atoms with van der Waals surface area (Å²) in [4.78, 5) is 0. The van der Waals surface area contributed by atoms with Gasteiger partial charge in [0.1, 0.15) is 0 Å². The Morgan fingerprint density at radius 2 is 1.84 bits per heavy atom. The number of nitrogens with zero attached hydrogens (tertiary/aromatic N) is 2. The molecule has 19 heavy (non-hydrogen) atoms. The molecule has 0 aliphatic rings. The van der Waals surface area contributed by atoms with Crippen LogP contribution < -0.4 is 5.32 Å². The molecule has 2 rings (SSSR count). The predicted molar refractivity (Wildman–Crippen MR) is 76.6 cm³/mol. The lowest BCUT2D eigenvalue weighted by Crippen LogP contribution is -2.17. The van der Waals surface area contributed by atoms with E-state index >= 15 is 0 Å². The first-order chi connectivity index (χ1) is 9.19. The van der Waals surface area contributed by atoms with E-state index in [0.717, 1.165) is 25.1 Å². The van der Waals surface area contributed by atoms with Crippen LogP contribution in [0.15, 0.2) is 22.6 Å². The number of hydrogen-bond acceptors (Lipinski definition) is 4. The molecule has 102 valence electrons.